The summed E-state index contributed by atoms with van der Waals surface area (Å²) < 4.78 is 0. The largest absolute Gasteiger partial charge is 0.140 e. The zero-order valence-electron chi connectivity index (χ0n) is 10.1. The van der Waals surface area contributed by atoms with E-state index in [9.17, 15) is 0 Å². The van der Waals surface area contributed by atoms with Gasteiger partial charge < -0.3 is 0 Å². The first kappa shape index (κ1) is 17.5. The average Bonchev–Trinajstić information content (AvgIpc) is 2.31. The molecule has 0 amide bonds. The van der Waals surface area contributed by atoms with Gasteiger partial charge >= 0.3 is 0 Å². The van der Waals surface area contributed by atoms with Crippen molar-refractivity contribution in [2.75, 3.05) is 0 Å². The van der Waals surface area contributed by atoms with Gasteiger partial charge in [0.05, 0.1) is 8.86 Å². The van der Waals surface area contributed by atoms with E-state index in [1.54, 1.807) is 0 Å². The van der Waals surface area contributed by atoms with Crippen molar-refractivity contribution >= 4 is 33.0 Å². The van der Waals surface area contributed by atoms with E-state index in [0.29, 0.717) is 0 Å². The van der Waals surface area contributed by atoms with Crippen molar-refractivity contribution in [3.63, 3.8) is 0 Å². The normalized spacial score (nSPS) is 9.20. The van der Waals surface area contributed by atoms with Gasteiger partial charge in [-0.1, -0.05) is 36.4 Å². The van der Waals surface area contributed by atoms with Crippen molar-refractivity contribution in [2.45, 2.75) is 37.4 Å². The van der Waals surface area contributed by atoms with E-state index in [1.807, 2.05) is 18.2 Å². The van der Waals surface area contributed by atoms with Gasteiger partial charge in [0.25, 0.3) is 0 Å². The molecule has 0 heterocycles. The smallest absolute Gasteiger partial charge is 0.0825 e. The third-order valence-corrected chi connectivity index (χ3v) is 5.79. The van der Waals surface area contributed by atoms with E-state index in [2.05, 4.69) is 35.0 Å². The Bertz CT molecular complexity index is 129. The van der Waals surface area contributed by atoms with Crippen molar-refractivity contribution in [2.24, 2.45) is 0 Å². The van der Waals surface area contributed by atoms with Crippen LogP contribution in [0.3, 0.4) is 0 Å². The van der Waals surface area contributed by atoms with Crippen LogP contribution in [0.4, 0.5) is 0 Å². The highest BCUT2D eigenvalue weighted by Crippen LogP contribution is 2.13. The Kier molecular flexibility index (Phi) is 19.3. The van der Waals surface area contributed by atoms with Gasteiger partial charge in [-0.3, -0.25) is 0 Å². The fourth-order valence-corrected chi connectivity index (χ4v) is 4.48. The van der Waals surface area contributed by atoms with Crippen molar-refractivity contribution in [3.8, 4) is 0 Å². The molecule has 88 valence electrons. The average molecular weight is 305 g/mol. The summed E-state index contributed by atoms with van der Waals surface area (Å²) >= 11 is 3.08. The van der Waals surface area contributed by atoms with Crippen LogP contribution >= 0.6 is 15.3 Å². The molecule has 0 aliphatic carbocycles. The van der Waals surface area contributed by atoms with Crippen molar-refractivity contribution < 1.29 is 0 Å². The first-order valence-corrected chi connectivity index (χ1v) is 13.5. The topological polar surface area (TPSA) is 0 Å². The Morgan fingerprint density at radius 3 is 1.27 bits per heavy atom. The molecule has 0 saturated carbocycles. The van der Waals surface area contributed by atoms with E-state index >= 15 is 0 Å². The molecule has 0 rings (SSSR count). The number of allylic oxidation sites excluding steroid dienone is 3. The molecule has 0 nitrogen and oxygen atoms in total. The van der Waals surface area contributed by atoms with Gasteiger partial charge in [0.2, 0.25) is 0 Å². The van der Waals surface area contributed by atoms with Gasteiger partial charge in [-0.05, 0) is 19.3 Å². The molecular weight excluding hydrogens is 280 g/mol. The fraction of sp³-hybridized carbons (Fsp3) is 0.500. The second-order valence-electron chi connectivity index (χ2n) is 3.46. The molecule has 0 fully saturated rings. The zero-order chi connectivity index (χ0) is 11.9. The number of halogens is 1. The Balaban J connectivity index is 0. The van der Waals surface area contributed by atoms with E-state index in [4.69, 9.17) is 0 Å². The van der Waals surface area contributed by atoms with Crippen LogP contribution in [0, 0.1) is 0 Å². The second-order valence-corrected chi connectivity index (χ2v) is 6.93. The van der Waals surface area contributed by atoms with E-state index in [1.165, 1.54) is 37.4 Å². The predicted octanol–water partition coefficient (Wildman–Crippen LogP) is 3.60. The van der Waals surface area contributed by atoms with Gasteiger partial charge in [0, 0.05) is 8.80 Å². The predicted molar refractivity (Wildman–Crippen MR) is 84.9 cm³/mol. The number of rotatable bonds is 9. The van der Waals surface area contributed by atoms with Crippen molar-refractivity contribution in [1.82, 2.24) is 0 Å². The monoisotopic (exact) mass is 304 g/mol. The van der Waals surface area contributed by atoms with Crippen LogP contribution in [0.25, 0.3) is 0 Å². The Hall–Kier alpha value is 0.134. The summed E-state index contributed by atoms with van der Waals surface area (Å²) in [7, 11) is 0.618. The lowest BCUT2D eigenvalue weighted by molar-refractivity contribution is 1.06. The molecule has 0 atom stereocenters. The molecule has 0 aliphatic heterocycles. The molecule has 0 aromatic carbocycles. The highest BCUT2D eigenvalue weighted by Gasteiger charge is 2.07. The lowest BCUT2D eigenvalue weighted by Crippen LogP contribution is -2.10. The maximum atomic E-state index is 3.78. The quantitative estimate of drug-likeness (QED) is 0.347. The molecule has 0 bridgehead atoms. The van der Waals surface area contributed by atoms with Crippen LogP contribution in [0.2, 0.25) is 18.1 Å². The Morgan fingerprint density at radius 1 is 0.800 bits per heavy atom. The molecule has 15 heavy (non-hydrogen) atoms. The summed E-state index contributed by atoms with van der Waals surface area (Å²) in [5, 5.41) is 0. The van der Waals surface area contributed by atoms with Gasteiger partial charge in [-0.15, -0.1) is 35.0 Å². The molecule has 3 heteroatoms. The minimum absolute atomic E-state index is 0.500. The van der Waals surface area contributed by atoms with E-state index < -0.39 is 8.80 Å². The molecule has 0 N–H and O–H groups in total. The van der Waals surface area contributed by atoms with Crippen LogP contribution < -0.4 is 0 Å². The number of hydrogen-bond donors (Lipinski definition) is 0. The summed E-state index contributed by atoms with van der Waals surface area (Å²) in [6, 6.07) is 4.22. The van der Waals surface area contributed by atoms with Crippen LogP contribution in [-0.2, 0) is 0 Å². The molecule has 0 radical (unpaired) electrons. The molecular formula is C12H25BrSi2. The van der Waals surface area contributed by atoms with E-state index in [0.717, 1.165) is 8.86 Å². The zero-order valence-corrected chi connectivity index (χ0v) is 14.8. The maximum Gasteiger partial charge on any atom is 0.0825 e. The highest BCUT2D eigenvalue weighted by molar-refractivity contribution is 9.22. The molecule has 0 aromatic heterocycles. The summed E-state index contributed by atoms with van der Waals surface area (Å²) in [4.78, 5) is 0. The van der Waals surface area contributed by atoms with Crippen molar-refractivity contribution in [1.29, 1.82) is 0 Å². The van der Waals surface area contributed by atoms with Crippen molar-refractivity contribution in [3.05, 3.63) is 38.0 Å². The fourth-order valence-electron chi connectivity index (χ4n) is 1.49. The van der Waals surface area contributed by atoms with Crippen LogP contribution in [-0.4, -0.2) is 17.7 Å². The third-order valence-electron chi connectivity index (χ3n) is 2.34. The van der Waals surface area contributed by atoms with E-state index in [-0.39, 0.29) is 0 Å². The first-order valence-electron chi connectivity index (χ1n) is 5.55. The third kappa shape index (κ3) is 14.1. The molecule has 0 aromatic rings. The van der Waals surface area contributed by atoms with Crippen LogP contribution in [0.1, 0.15) is 19.3 Å². The Labute approximate surface area is 108 Å². The molecule has 0 saturated heterocycles. The van der Waals surface area contributed by atoms with Crippen LogP contribution in [0.5, 0.6) is 0 Å². The summed E-state index contributed by atoms with van der Waals surface area (Å²) in [6.07, 6.45) is 9.73. The summed E-state index contributed by atoms with van der Waals surface area (Å²) in [5.41, 5.74) is 0. The van der Waals surface area contributed by atoms with Gasteiger partial charge in [0.1, 0.15) is 0 Å². The standard InChI is InChI=1S/C12H22Si.BrH3Si/c1-4-7-10-13(11-8-5-2)12-9-6-3;1-2/h4-6,13H,1-3,7-12H2;2H3. The molecule has 0 spiro atoms. The minimum atomic E-state index is -0.500. The Morgan fingerprint density at radius 2 is 1.07 bits per heavy atom. The van der Waals surface area contributed by atoms with Gasteiger partial charge in [-0.2, -0.15) is 0 Å². The SMILES string of the molecule is C=CCC[SiH](CCC=C)CCC=C.[SiH3]Br. The highest BCUT2D eigenvalue weighted by atomic mass is 79.9. The van der Waals surface area contributed by atoms with Crippen LogP contribution in [0.15, 0.2) is 38.0 Å². The van der Waals surface area contributed by atoms with Gasteiger partial charge in [0.15, 0.2) is 0 Å². The first-order chi connectivity index (χ1) is 7.35. The summed E-state index contributed by atoms with van der Waals surface area (Å²) in [5.74, 6) is 0. The molecule has 0 unspecified atom stereocenters. The van der Waals surface area contributed by atoms with Gasteiger partial charge in [-0.25, -0.2) is 0 Å². The summed E-state index contributed by atoms with van der Waals surface area (Å²) in [6.45, 7) is 11.3. The lowest BCUT2D eigenvalue weighted by Gasteiger charge is -2.11. The molecule has 0 aliphatic rings. The lowest BCUT2D eigenvalue weighted by atomic mass is 10.5. The maximum absolute atomic E-state index is 3.78. The number of hydrogen-bond acceptors (Lipinski definition) is 0. The minimum Gasteiger partial charge on any atom is -0.140 e. The second kappa shape index (κ2) is 16.6.